The lowest BCUT2D eigenvalue weighted by atomic mass is 9.61. The van der Waals surface area contributed by atoms with Crippen LogP contribution in [0, 0.1) is 23.2 Å². The molecule has 0 bridgehead atoms. The van der Waals surface area contributed by atoms with E-state index in [9.17, 15) is 19.0 Å². The van der Waals surface area contributed by atoms with Crippen molar-refractivity contribution in [1.82, 2.24) is 4.90 Å². The fourth-order valence-corrected chi connectivity index (χ4v) is 7.82. The Labute approximate surface area is 193 Å². The second kappa shape index (κ2) is 9.46. The van der Waals surface area contributed by atoms with E-state index in [0.717, 1.165) is 64.1 Å². The summed E-state index contributed by atoms with van der Waals surface area (Å²) in [6.07, 6.45) is 12.8. The number of nitrogens with zero attached hydrogens (tertiary/aromatic N) is 1. The van der Waals surface area contributed by atoms with Crippen molar-refractivity contribution in [3.63, 3.8) is 0 Å². The van der Waals surface area contributed by atoms with E-state index in [1.54, 1.807) is 0 Å². The van der Waals surface area contributed by atoms with Gasteiger partial charge in [-0.2, -0.15) is 0 Å². The standard InChI is InChI=1S/C27H43F2NO2/c1-18(17-30-16-6-10-25(30)27(3,28)29)21-13-14-22-19(7-5-15-26(21,22)2)11-12-20-23(31)8-4-9-24(20)32/h11-12,18,21-25,31-32H,4-10,13-17H2,1-3H3/b19-11+,20-12?/t18-,21-,22+,23?,24?,25+,26-/m1/s1. The van der Waals surface area contributed by atoms with Gasteiger partial charge in [-0.05, 0) is 99.5 Å². The molecule has 3 aliphatic carbocycles. The van der Waals surface area contributed by atoms with Gasteiger partial charge in [0.25, 0.3) is 5.92 Å². The van der Waals surface area contributed by atoms with Gasteiger partial charge in [0.15, 0.2) is 0 Å². The molecule has 3 saturated carbocycles. The van der Waals surface area contributed by atoms with Crippen molar-refractivity contribution in [3.8, 4) is 0 Å². The van der Waals surface area contributed by atoms with Gasteiger partial charge < -0.3 is 10.2 Å². The van der Waals surface area contributed by atoms with Crippen LogP contribution in [0.15, 0.2) is 23.3 Å². The third-order valence-electron chi connectivity index (χ3n) is 9.41. The molecular weight excluding hydrogens is 408 g/mol. The summed E-state index contributed by atoms with van der Waals surface area (Å²) >= 11 is 0. The van der Waals surface area contributed by atoms with Gasteiger partial charge >= 0.3 is 0 Å². The van der Waals surface area contributed by atoms with Crippen molar-refractivity contribution < 1.29 is 19.0 Å². The predicted molar refractivity (Wildman–Crippen MR) is 125 cm³/mol. The molecule has 0 aromatic heterocycles. The van der Waals surface area contributed by atoms with Gasteiger partial charge in [-0.1, -0.05) is 31.6 Å². The molecule has 0 amide bonds. The minimum absolute atomic E-state index is 0.218. The number of hydrogen-bond donors (Lipinski definition) is 2. The number of fused-ring (bicyclic) bond motifs is 1. The quantitative estimate of drug-likeness (QED) is 0.562. The number of likely N-dealkylation sites (tertiary alicyclic amines) is 1. The highest BCUT2D eigenvalue weighted by molar-refractivity contribution is 5.28. The number of aliphatic hydroxyl groups excluding tert-OH is 2. The minimum atomic E-state index is -2.62. The number of allylic oxidation sites excluding steroid dienone is 3. The van der Waals surface area contributed by atoms with Gasteiger partial charge in [-0.15, -0.1) is 0 Å². The highest BCUT2D eigenvalue weighted by Gasteiger charge is 2.51. The van der Waals surface area contributed by atoms with Crippen LogP contribution < -0.4 is 0 Å². The first kappa shape index (κ1) is 24.3. The Hall–Kier alpha value is -0.780. The van der Waals surface area contributed by atoms with Gasteiger partial charge in [0.05, 0.1) is 18.2 Å². The molecule has 0 radical (unpaired) electrons. The summed E-state index contributed by atoms with van der Waals surface area (Å²) in [5.74, 6) is -1.13. The predicted octanol–water partition coefficient (Wildman–Crippen LogP) is 5.72. The van der Waals surface area contributed by atoms with Crippen molar-refractivity contribution in [2.24, 2.45) is 23.2 Å². The van der Waals surface area contributed by atoms with E-state index >= 15 is 0 Å². The van der Waals surface area contributed by atoms with Crippen molar-refractivity contribution in [2.75, 3.05) is 13.1 Å². The van der Waals surface area contributed by atoms with Crippen LogP contribution in [0.1, 0.15) is 85.0 Å². The first-order chi connectivity index (χ1) is 15.1. The summed E-state index contributed by atoms with van der Waals surface area (Å²) in [4.78, 5) is 2.07. The Bertz CT molecular complexity index is 718. The molecule has 1 aliphatic heterocycles. The zero-order valence-corrected chi connectivity index (χ0v) is 20.2. The first-order valence-electron chi connectivity index (χ1n) is 13.0. The smallest absolute Gasteiger partial charge is 0.260 e. The number of rotatable bonds is 5. The fraction of sp³-hybridized carbons (Fsp3) is 0.852. The largest absolute Gasteiger partial charge is 0.389 e. The van der Waals surface area contributed by atoms with Gasteiger partial charge in [-0.25, -0.2) is 8.78 Å². The second-order valence-corrected chi connectivity index (χ2v) is 11.6. The summed E-state index contributed by atoms with van der Waals surface area (Å²) < 4.78 is 28.2. The average Bonchev–Trinajstić information content (AvgIpc) is 3.31. The van der Waals surface area contributed by atoms with Crippen LogP contribution in [-0.4, -0.2) is 52.4 Å². The van der Waals surface area contributed by atoms with Crippen LogP contribution in [0.4, 0.5) is 8.78 Å². The third kappa shape index (κ3) is 4.72. The lowest BCUT2D eigenvalue weighted by Crippen LogP contribution is -2.46. The molecular formula is C27H43F2NO2. The minimum Gasteiger partial charge on any atom is -0.389 e. The highest BCUT2D eigenvalue weighted by atomic mass is 19.3. The number of halogens is 2. The van der Waals surface area contributed by atoms with Crippen LogP contribution in [0.3, 0.4) is 0 Å². The van der Waals surface area contributed by atoms with Crippen molar-refractivity contribution >= 4 is 0 Å². The van der Waals surface area contributed by atoms with Gasteiger partial charge in [-0.3, -0.25) is 4.90 Å². The summed E-state index contributed by atoms with van der Waals surface area (Å²) in [6, 6.07) is -0.600. The summed E-state index contributed by atoms with van der Waals surface area (Å²) in [7, 11) is 0. The molecule has 1 heterocycles. The Morgan fingerprint density at radius 3 is 2.47 bits per heavy atom. The molecule has 182 valence electrons. The Morgan fingerprint density at radius 2 is 1.78 bits per heavy atom. The van der Waals surface area contributed by atoms with Gasteiger partial charge in [0.1, 0.15) is 0 Å². The van der Waals surface area contributed by atoms with Gasteiger partial charge in [0.2, 0.25) is 0 Å². The molecule has 32 heavy (non-hydrogen) atoms. The van der Waals surface area contributed by atoms with E-state index < -0.39 is 24.2 Å². The normalized spacial score (nSPS) is 41.2. The van der Waals surface area contributed by atoms with Crippen LogP contribution in [-0.2, 0) is 0 Å². The van der Waals surface area contributed by atoms with Crippen LogP contribution >= 0.6 is 0 Å². The van der Waals surface area contributed by atoms with E-state index in [1.165, 1.54) is 24.8 Å². The topological polar surface area (TPSA) is 43.7 Å². The molecule has 1 saturated heterocycles. The van der Waals surface area contributed by atoms with Crippen molar-refractivity contribution in [1.29, 1.82) is 0 Å². The molecule has 0 aromatic rings. The Kier molecular flexibility index (Phi) is 7.20. The molecule has 5 heteroatoms. The average molecular weight is 452 g/mol. The molecule has 2 unspecified atom stereocenters. The molecule has 0 aromatic carbocycles. The lowest BCUT2D eigenvalue weighted by Gasteiger charge is -2.45. The van der Waals surface area contributed by atoms with E-state index in [-0.39, 0.29) is 5.41 Å². The van der Waals surface area contributed by atoms with E-state index in [2.05, 4.69) is 24.8 Å². The summed E-state index contributed by atoms with van der Waals surface area (Å²) in [5.41, 5.74) is 2.46. The zero-order valence-electron chi connectivity index (χ0n) is 20.2. The fourth-order valence-electron chi connectivity index (χ4n) is 7.82. The maximum absolute atomic E-state index is 14.1. The molecule has 2 N–H and O–H groups in total. The van der Waals surface area contributed by atoms with Crippen molar-refractivity contribution in [3.05, 3.63) is 23.3 Å². The Balaban J connectivity index is 1.47. The van der Waals surface area contributed by atoms with E-state index in [0.29, 0.717) is 24.2 Å². The molecule has 3 nitrogen and oxygen atoms in total. The van der Waals surface area contributed by atoms with Crippen LogP contribution in [0.5, 0.6) is 0 Å². The summed E-state index contributed by atoms with van der Waals surface area (Å²) in [6.45, 7) is 7.39. The molecule has 0 spiro atoms. The SMILES string of the molecule is C[C@H](CN1CCC[C@H]1C(C)(F)F)[C@H]1CC[C@H]2/C(=C/C=C3C(O)CCCC3O)CCC[C@]12C. The number of alkyl halides is 2. The summed E-state index contributed by atoms with van der Waals surface area (Å²) in [5, 5.41) is 20.6. The number of aliphatic hydroxyl groups is 2. The number of hydrogen-bond acceptors (Lipinski definition) is 3. The van der Waals surface area contributed by atoms with Gasteiger partial charge in [0, 0.05) is 13.5 Å². The molecule has 7 atom stereocenters. The lowest BCUT2D eigenvalue weighted by molar-refractivity contribution is -0.0589. The maximum Gasteiger partial charge on any atom is 0.260 e. The van der Waals surface area contributed by atoms with E-state index in [4.69, 9.17) is 0 Å². The molecule has 4 aliphatic rings. The third-order valence-corrected chi connectivity index (χ3v) is 9.41. The highest BCUT2D eigenvalue weighted by Crippen LogP contribution is 2.59. The Morgan fingerprint density at radius 1 is 1.06 bits per heavy atom. The van der Waals surface area contributed by atoms with Crippen molar-refractivity contribution in [2.45, 2.75) is 109 Å². The maximum atomic E-state index is 14.1. The monoisotopic (exact) mass is 451 g/mol. The molecule has 4 fully saturated rings. The zero-order chi connectivity index (χ0) is 23.1. The van der Waals surface area contributed by atoms with Crippen LogP contribution in [0.25, 0.3) is 0 Å². The molecule has 4 rings (SSSR count). The second-order valence-electron chi connectivity index (χ2n) is 11.6. The first-order valence-corrected chi connectivity index (χ1v) is 13.0. The van der Waals surface area contributed by atoms with Crippen LogP contribution in [0.2, 0.25) is 0 Å². The van der Waals surface area contributed by atoms with E-state index in [1.807, 2.05) is 6.08 Å².